The molecule has 0 unspecified atom stereocenters. The predicted octanol–water partition coefficient (Wildman–Crippen LogP) is 2.46. The van der Waals surface area contributed by atoms with Crippen LogP contribution in [0.1, 0.15) is 0 Å². The van der Waals surface area contributed by atoms with Crippen molar-refractivity contribution in [1.82, 2.24) is 9.97 Å². The van der Waals surface area contributed by atoms with Gasteiger partial charge in [0, 0.05) is 24.7 Å². The van der Waals surface area contributed by atoms with Gasteiger partial charge < -0.3 is 9.64 Å². The van der Waals surface area contributed by atoms with Crippen LogP contribution < -0.4 is 4.90 Å². The molecule has 0 radical (unpaired) electrons. The van der Waals surface area contributed by atoms with Gasteiger partial charge in [0.05, 0.1) is 18.9 Å². The van der Waals surface area contributed by atoms with Crippen molar-refractivity contribution in [2.45, 2.75) is 0 Å². The molecule has 6 heteroatoms. The molecule has 0 amide bonds. The zero-order chi connectivity index (χ0) is 11.5. The van der Waals surface area contributed by atoms with Crippen molar-refractivity contribution < 1.29 is 4.74 Å². The maximum Gasteiger partial charge on any atom is 0.186 e. The van der Waals surface area contributed by atoms with Crippen LogP contribution in [-0.2, 0) is 4.74 Å². The molecule has 0 saturated carbocycles. The molecule has 2 aromatic rings. The van der Waals surface area contributed by atoms with Gasteiger partial charge in [0.15, 0.2) is 5.13 Å². The minimum atomic E-state index is 0. The molecule has 1 saturated heterocycles. The summed E-state index contributed by atoms with van der Waals surface area (Å²) in [6, 6.07) is 5.88. The first-order chi connectivity index (χ1) is 8.43. The van der Waals surface area contributed by atoms with Gasteiger partial charge in [-0.15, -0.1) is 23.7 Å². The van der Waals surface area contributed by atoms with Crippen molar-refractivity contribution in [3.05, 3.63) is 29.8 Å². The van der Waals surface area contributed by atoms with Gasteiger partial charge in [0.1, 0.15) is 5.69 Å². The molecule has 96 valence electrons. The van der Waals surface area contributed by atoms with Gasteiger partial charge in [0.2, 0.25) is 0 Å². The van der Waals surface area contributed by atoms with Crippen LogP contribution in [0.2, 0.25) is 0 Å². The van der Waals surface area contributed by atoms with Crippen molar-refractivity contribution in [2.75, 3.05) is 31.2 Å². The number of anilines is 1. The van der Waals surface area contributed by atoms with E-state index >= 15 is 0 Å². The van der Waals surface area contributed by atoms with Crippen molar-refractivity contribution in [3.63, 3.8) is 0 Å². The van der Waals surface area contributed by atoms with Gasteiger partial charge in [-0.2, -0.15) is 0 Å². The van der Waals surface area contributed by atoms with Gasteiger partial charge in [-0.05, 0) is 12.1 Å². The van der Waals surface area contributed by atoms with E-state index in [0.29, 0.717) is 0 Å². The fraction of sp³-hybridized carbons (Fsp3) is 0.333. The Kier molecular flexibility index (Phi) is 4.52. The first-order valence-electron chi connectivity index (χ1n) is 5.63. The molecule has 4 nitrogen and oxygen atoms in total. The zero-order valence-corrected chi connectivity index (χ0v) is 11.4. The number of rotatable bonds is 2. The van der Waals surface area contributed by atoms with Crippen LogP contribution >= 0.6 is 23.7 Å². The Balaban J connectivity index is 0.00000120. The predicted molar refractivity (Wildman–Crippen MR) is 75.6 cm³/mol. The molecule has 1 fully saturated rings. The van der Waals surface area contributed by atoms with E-state index in [-0.39, 0.29) is 12.4 Å². The summed E-state index contributed by atoms with van der Waals surface area (Å²) in [4.78, 5) is 11.2. The van der Waals surface area contributed by atoms with Crippen LogP contribution in [0.3, 0.4) is 0 Å². The molecule has 1 aliphatic rings. The lowest BCUT2D eigenvalue weighted by atomic mass is 10.3. The van der Waals surface area contributed by atoms with Crippen LogP contribution in [0.15, 0.2) is 29.8 Å². The molecule has 0 spiro atoms. The monoisotopic (exact) mass is 283 g/mol. The van der Waals surface area contributed by atoms with Crippen molar-refractivity contribution >= 4 is 28.9 Å². The maximum absolute atomic E-state index is 5.34. The Morgan fingerprint density at radius 1 is 1.17 bits per heavy atom. The fourth-order valence-electron chi connectivity index (χ4n) is 1.80. The first-order valence-corrected chi connectivity index (χ1v) is 6.51. The van der Waals surface area contributed by atoms with Gasteiger partial charge in [-0.25, -0.2) is 4.98 Å². The van der Waals surface area contributed by atoms with Gasteiger partial charge in [0.25, 0.3) is 0 Å². The topological polar surface area (TPSA) is 38.2 Å². The molecule has 3 heterocycles. The number of morpholine rings is 1. The molecule has 0 bridgehead atoms. The van der Waals surface area contributed by atoms with Crippen molar-refractivity contribution in [1.29, 1.82) is 0 Å². The Hall–Kier alpha value is -1.17. The third-order valence-electron chi connectivity index (χ3n) is 2.70. The molecule has 0 aliphatic carbocycles. The summed E-state index contributed by atoms with van der Waals surface area (Å²) >= 11 is 1.67. The molecule has 0 N–H and O–H groups in total. The lowest BCUT2D eigenvalue weighted by Gasteiger charge is -2.25. The van der Waals surface area contributed by atoms with E-state index < -0.39 is 0 Å². The van der Waals surface area contributed by atoms with Gasteiger partial charge in [-0.1, -0.05) is 6.07 Å². The summed E-state index contributed by atoms with van der Waals surface area (Å²) in [6.45, 7) is 3.43. The van der Waals surface area contributed by atoms with E-state index in [0.717, 1.165) is 42.8 Å². The minimum Gasteiger partial charge on any atom is -0.378 e. The van der Waals surface area contributed by atoms with Crippen LogP contribution in [-0.4, -0.2) is 36.3 Å². The molecule has 1 aliphatic heterocycles. The number of halogens is 1. The quantitative estimate of drug-likeness (QED) is 0.849. The smallest absolute Gasteiger partial charge is 0.186 e. The van der Waals surface area contributed by atoms with Gasteiger partial charge in [-0.3, -0.25) is 4.98 Å². The number of hydrogen-bond donors (Lipinski definition) is 0. The fourth-order valence-corrected chi connectivity index (χ4v) is 2.67. The van der Waals surface area contributed by atoms with E-state index in [2.05, 4.69) is 20.2 Å². The standard InChI is InChI=1S/C12H13N3OS.ClH/c1-2-4-13-10(3-1)11-9-17-12(14-11)15-5-7-16-8-6-15;/h1-4,9H,5-8H2;1H. The normalized spacial score (nSPS) is 15.2. The van der Waals surface area contributed by atoms with Crippen LogP contribution in [0.25, 0.3) is 11.4 Å². The third-order valence-corrected chi connectivity index (χ3v) is 3.60. The van der Waals surface area contributed by atoms with Gasteiger partial charge >= 0.3 is 0 Å². The Labute approximate surface area is 116 Å². The Morgan fingerprint density at radius 2 is 2.00 bits per heavy atom. The SMILES string of the molecule is Cl.c1ccc(-c2csc(N3CCOCC3)n2)nc1. The Morgan fingerprint density at radius 3 is 2.72 bits per heavy atom. The molecule has 3 rings (SSSR count). The van der Waals surface area contributed by atoms with Crippen LogP contribution in [0.4, 0.5) is 5.13 Å². The minimum absolute atomic E-state index is 0. The number of hydrogen-bond acceptors (Lipinski definition) is 5. The summed E-state index contributed by atoms with van der Waals surface area (Å²) < 4.78 is 5.34. The summed E-state index contributed by atoms with van der Waals surface area (Å²) in [5, 5.41) is 3.13. The molecule has 2 aromatic heterocycles. The van der Waals surface area contributed by atoms with Crippen LogP contribution in [0, 0.1) is 0 Å². The average molecular weight is 284 g/mol. The second-order valence-corrected chi connectivity index (χ2v) is 4.67. The molecule has 0 atom stereocenters. The molecule has 0 aromatic carbocycles. The maximum atomic E-state index is 5.34. The Bertz CT molecular complexity index is 485. The molecule has 18 heavy (non-hydrogen) atoms. The second kappa shape index (κ2) is 6.13. The van der Waals surface area contributed by atoms with E-state index in [9.17, 15) is 0 Å². The number of aromatic nitrogens is 2. The summed E-state index contributed by atoms with van der Waals surface area (Å²) in [6.07, 6.45) is 1.79. The lowest BCUT2D eigenvalue weighted by Crippen LogP contribution is -2.36. The second-order valence-electron chi connectivity index (χ2n) is 3.83. The van der Waals surface area contributed by atoms with Crippen molar-refractivity contribution in [2.24, 2.45) is 0 Å². The average Bonchev–Trinajstić information content (AvgIpc) is 2.90. The zero-order valence-electron chi connectivity index (χ0n) is 9.78. The highest BCUT2D eigenvalue weighted by molar-refractivity contribution is 7.14. The summed E-state index contributed by atoms with van der Waals surface area (Å²) in [5.74, 6) is 0. The van der Waals surface area contributed by atoms with E-state index in [1.165, 1.54) is 0 Å². The number of ether oxygens (including phenoxy) is 1. The summed E-state index contributed by atoms with van der Waals surface area (Å²) in [7, 11) is 0. The molecular weight excluding hydrogens is 270 g/mol. The summed E-state index contributed by atoms with van der Waals surface area (Å²) in [5.41, 5.74) is 1.89. The lowest BCUT2D eigenvalue weighted by molar-refractivity contribution is 0.122. The highest BCUT2D eigenvalue weighted by Crippen LogP contribution is 2.26. The van der Waals surface area contributed by atoms with E-state index in [4.69, 9.17) is 4.74 Å². The largest absolute Gasteiger partial charge is 0.378 e. The van der Waals surface area contributed by atoms with E-state index in [1.807, 2.05) is 18.2 Å². The number of thiazole rings is 1. The highest BCUT2D eigenvalue weighted by Gasteiger charge is 2.15. The van der Waals surface area contributed by atoms with E-state index in [1.54, 1.807) is 17.5 Å². The van der Waals surface area contributed by atoms with Crippen LogP contribution in [0.5, 0.6) is 0 Å². The third kappa shape index (κ3) is 2.80. The first kappa shape index (κ1) is 13.3. The molecular formula is C12H14ClN3OS. The number of pyridine rings is 1. The van der Waals surface area contributed by atoms with Crippen molar-refractivity contribution in [3.8, 4) is 11.4 Å². The number of nitrogens with zero attached hydrogens (tertiary/aromatic N) is 3. The highest BCUT2D eigenvalue weighted by atomic mass is 35.5.